The maximum Gasteiger partial charge on any atom is 0.270 e. The highest BCUT2D eigenvalue weighted by Gasteiger charge is 2.10. The van der Waals surface area contributed by atoms with Gasteiger partial charge in [0.1, 0.15) is 5.76 Å². The summed E-state index contributed by atoms with van der Waals surface area (Å²) in [6, 6.07) is 19.7. The van der Waals surface area contributed by atoms with Crippen molar-refractivity contribution in [3.8, 4) is 6.07 Å². The Hall–Kier alpha value is -3.30. The third-order valence-electron chi connectivity index (χ3n) is 3.62. The Morgan fingerprint density at radius 1 is 1.19 bits per heavy atom. The zero-order valence-corrected chi connectivity index (χ0v) is 14.7. The Balaban J connectivity index is 1.83. The SMILES string of the molecule is Cc1ccc(Sc2ccc(C=C(C#N)c3cccc([N+](=O)[O-])c3)o2)cc1. The van der Waals surface area contributed by atoms with Gasteiger partial charge in [-0.25, -0.2) is 0 Å². The van der Waals surface area contributed by atoms with Crippen LogP contribution in [0, 0.1) is 28.4 Å². The molecule has 0 aliphatic heterocycles. The number of hydrogen-bond acceptors (Lipinski definition) is 5. The molecule has 5 nitrogen and oxygen atoms in total. The summed E-state index contributed by atoms with van der Waals surface area (Å²) in [6.45, 7) is 2.03. The summed E-state index contributed by atoms with van der Waals surface area (Å²) in [5.74, 6) is 0.516. The van der Waals surface area contributed by atoms with Crippen LogP contribution < -0.4 is 0 Å². The second kappa shape index (κ2) is 7.72. The van der Waals surface area contributed by atoms with E-state index in [1.54, 1.807) is 24.3 Å². The van der Waals surface area contributed by atoms with Crippen molar-refractivity contribution < 1.29 is 9.34 Å². The van der Waals surface area contributed by atoms with Gasteiger partial charge in [0, 0.05) is 17.0 Å². The van der Waals surface area contributed by atoms with E-state index < -0.39 is 4.92 Å². The molecule has 1 heterocycles. The highest BCUT2D eigenvalue weighted by molar-refractivity contribution is 7.99. The van der Waals surface area contributed by atoms with Gasteiger partial charge in [-0.15, -0.1) is 0 Å². The summed E-state index contributed by atoms with van der Waals surface area (Å²) in [7, 11) is 0. The maximum atomic E-state index is 10.9. The van der Waals surface area contributed by atoms with Gasteiger partial charge in [0.25, 0.3) is 5.69 Å². The van der Waals surface area contributed by atoms with Crippen molar-refractivity contribution in [3.63, 3.8) is 0 Å². The van der Waals surface area contributed by atoms with E-state index in [2.05, 4.69) is 6.07 Å². The summed E-state index contributed by atoms with van der Waals surface area (Å²) in [5.41, 5.74) is 1.91. The third-order valence-corrected chi connectivity index (χ3v) is 4.55. The van der Waals surface area contributed by atoms with E-state index in [0.29, 0.717) is 22.0 Å². The highest BCUT2D eigenvalue weighted by Crippen LogP contribution is 2.31. The highest BCUT2D eigenvalue weighted by atomic mass is 32.2. The van der Waals surface area contributed by atoms with Crippen molar-refractivity contribution in [1.82, 2.24) is 0 Å². The van der Waals surface area contributed by atoms with Crippen LogP contribution in [0.1, 0.15) is 16.9 Å². The molecule has 2 aromatic carbocycles. The van der Waals surface area contributed by atoms with Crippen LogP contribution in [0.4, 0.5) is 5.69 Å². The third kappa shape index (κ3) is 4.21. The zero-order valence-electron chi connectivity index (χ0n) is 13.9. The second-order valence-electron chi connectivity index (χ2n) is 5.55. The number of nitrogens with zero attached hydrogens (tertiary/aromatic N) is 2. The van der Waals surface area contributed by atoms with Crippen molar-refractivity contribution in [2.75, 3.05) is 0 Å². The largest absolute Gasteiger partial charge is 0.450 e. The minimum absolute atomic E-state index is 0.0567. The molecule has 0 N–H and O–H groups in total. The van der Waals surface area contributed by atoms with Crippen LogP contribution in [-0.4, -0.2) is 4.92 Å². The fourth-order valence-corrected chi connectivity index (χ4v) is 3.08. The molecule has 0 saturated carbocycles. The maximum absolute atomic E-state index is 10.9. The molecule has 128 valence electrons. The minimum atomic E-state index is -0.484. The molecule has 0 unspecified atom stereocenters. The van der Waals surface area contributed by atoms with Crippen LogP contribution in [0.15, 0.2) is 75.1 Å². The molecule has 0 aliphatic rings. The number of nitriles is 1. The average molecular weight is 362 g/mol. The topological polar surface area (TPSA) is 80.1 Å². The van der Waals surface area contributed by atoms with Gasteiger partial charge in [0.15, 0.2) is 5.09 Å². The molecule has 3 rings (SSSR count). The summed E-state index contributed by atoms with van der Waals surface area (Å²) in [4.78, 5) is 11.5. The monoisotopic (exact) mass is 362 g/mol. The van der Waals surface area contributed by atoms with E-state index >= 15 is 0 Å². The first-order chi connectivity index (χ1) is 12.5. The molecule has 0 atom stereocenters. The lowest BCUT2D eigenvalue weighted by Gasteiger charge is -1.99. The van der Waals surface area contributed by atoms with E-state index in [-0.39, 0.29) is 5.69 Å². The van der Waals surface area contributed by atoms with Crippen molar-refractivity contribution in [2.24, 2.45) is 0 Å². The Morgan fingerprint density at radius 3 is 2.65 bits per heavy atom. The Morgan fingerprint density at radius 2 is 1.96 bits per heavy atom. The fourth-order valence-electron chi connectivity index (χ4n) is 2.30. The van der Waals surface area contributed by atoms with Crippen LogP contribution in [-0.2, 0) is 0 Å². The van der Waals surface area contributed by atoms with Gasteiger partial charge >= 0.3 is 0 Å². The normalized spacial score (nSPS) is 11.2. The summed E-state index contributed by atoms with van der Waals surface area (Å²) >= 11 is 1.49. The number of benzene rings is 2. The van der Waals surface area contributed by atoms with Gasteiger partial charge in [-0.2, -0.15) is 5.26 Å². The molecule has 0 bridgehead atoms. The summed E-state index contributed by atoms with van der Waals surface area (Å²) in [5, 5.41) is 21.0. The van der Waals surface area contributed by atoms with Crippen LogP contribution in [0.3, 0.4) is 0 Å². The van der Waals surface area contributed by atoms with E-state index in [0.717, 1.165) is 4.90 Å². The van der Waals surface area contributed by atoms with Gasteiger partial charge in [-0.1, -0.05) is 41.6 Å². The number of non-ortho nitro benzene ring substituents is 1. The van der Waals surface area contributed by atoms with Crippen LogP contribution in [0.25, 0.3) is 11.6 Å². The molecule has 0 spiro atoms. The lowest BCUT2D eigenvalue weighted by molar-refractivity contribution is -0.384. The smallest absolute Gasteiger partial charge is 0.270 e. The molecule has 0 saturated heterocycles. The molecule has 0 radical (unpaired) electrons. The Kier molecular flexibility index (Phi) is 5.20. The summed E-state index contributed by atoms with van der Waals surface area (Å²) < 4.78 is 5.75. The van der Waals surface area contributed by atoms with Crippen molar-refractivity contribution in [1.29, 1.82) is 5.26 Å². The van der Waals surface area contributed by atoms with E-state index in [1.807, 2.05) is 37.3 Å². The fraction of sp³-hybridized carbons (Fsp3) is 0.0500. The molecule has 6 heteroatoms. The van der Waals surface area contributed by atoms with E-state index in [4.69, 9.17) is 4.42 Å². The van der Waals surface area contributed by atoms with Crippen LogP contribution in [0.2, 0.25) is 0 Å². The quantitative estimate of drug-likeness (QED) is 0.330. The zero-order chi connectivity index (χ0) is 18.5. The van der Waals surface area contributed by atoms with Gasteiger partial charge in [-0.3, -0.25) is 10.1 Å². The number of nitro groups is 1. The number of furan rings is 1. The number of allylic oxidation sites excluding steroid dienone is 1. The molecular formula is C20H14N2O3S. The Bertz CT molecular complexity index is 1010. The first-order valence-corrected chi connectivity index (χ1v) is 8.58. The molecule has 3 aromatic rings. The van der Waals surface area contributed by atoms with Gasteiger partial charge in [0.2, 0.25) is 0 Å². The first kappa shape index (κ1) is 17.5. The molecule has 0 fully saturated rings. The molecule has 0 aliphatic carbocycles. The minimum Gasteiger partial charge on any atom is -0.450 e. The standard InChI is InChI=1S/C20H14N2O3S/c1-14-5-8-19(9-6-14)26-20-10-7-18(25-20)12-16(13-21)15-3-2-4-17(11-15)22(23)24/h2-12H,1H3. The van der Waals surface area contributed by atoms with Crippen molar-refractivity contribution >= 4 is 29.1 Å². The molecule has 0 amide bonds. The predicted molar refractivity (Wildman–Crippen MR) is 101 cm³/mol. The second-order valence-corrected chi connectivity index (χ2v) is 6.63. The first-order valence-electron chi connectivity index (χ1n) is 7.76. The van der Waals surface area contributed by atoms with E-state index in [9.17, 15) is 15.4 Å². The average Bonchev–Trinajstić information content (AvgIpc) is 3.08. The number of hydrogen-bond donors (Lipinski definition) is 0. The predicted octanol–water partition coefficient (Wildman–Crippen LogP) is 5.71. The van der Waals surface area contributed by atoms with Crippen molar-refractivity contribution in [2.45, 2.75) is 16.9 Å². The Labute approximate surface area is 154 Å². The van der Waals surface area contributed by atoms with E-state index in [1.165, 1.54) is 29.5 Å². The lowest BCUT2D eigenvalue weighted by Crippen LogP contribution is -1.89. The van der Waals surface area contributed by atoms with Gasteiger partial charge < -0.3 is 4.42 Å². The molecular weight excluding hydrogens is 348 g/mol. The van der Waals surface area contributed by atoms with Crippen molar-refractivity contribution in [3.05, 3.63) is 87.7 Å². The van der Waals surface area contributed by atoms with Crippen LogP contribution >= 0.6 is 11.8 Å². The number of rotatable bonds is 5. The number of aryl methyl sites for hydroxylation is 1. The van der Waals surface area contributed by atoms with Crippen LogP contribution in [0.5, 0.6) is 0 Å². The van der Waals surface area contributed by atoms with Gasteiger partial charge in [-0.05, 0) is 42.8 Å². The molecule has 26 heavy (non-hydrogen) atoms. The van der Waals surface area contributed by atoms with Gasteiger partial charge in [0.05, 0.1) is 16.6 Å². The lowest BCUT2D eigenvalue weighted by atomic mass is 10.1. The molecule has 1 aromatic heterocycles. The number of nitro benzene ring substituents is 1. The summed E-state index contributed by atoms with van der Waals surface area (Å²) in [6.07, 6.45) is 1.58.